The highest BCUT2D eigenvalue weighted by Gasteiger charge is 2.24. The molecule has 2 aromatic rings. The van der Waals surface area contributed by atoms with Crippen LogP contribution < -0.4 is 9.47 Å². The van der Waals surface area contributed by atoms with Crippen molar-refractivity contribution in [1.82, 2.24) is 0 Å². The lowest BCUT2D eigenvalue weighted by atomic mass is 9.94. The van der Waals surface area contributed by atoms with Crippen LogP contribution in [0, 0.1) is 17.6 Å². The predicted octanol–water partition coefficient (Wildman–Crippen LogP) is 5.55. The summed E-state index contributed by atoms with van der Waals surface area (Å²) in [7, 11) is 1.29. The number of halogens is 2. The van der Waals surface area contributed by atoms with Crippen molar-refractivity contribution in [2.45, 2.75) is 25.9 Å². The maximum Gasteiger partial charge on any atom is 0.204 e. The average Bonchev–Trinajstić information content (AvgIpc) is 2.70. The fourth-order valence-corrected chi connectivity index (χ4v) is 3.21. The number of hydrogen-bond acceptors (Lipinski definition) is 3. The van der Waals surface area contributed by atoms with E-state index in [1.807, 2.05) is 13.0 Å². The molecule has 1 saturated heterocycles. The molecule has 2 aromatic carbocycles. The molecule has 1 aliphatic heterocycles. The Labute approximate surface area is 158 Å². The van der Waals surface area contributed by atoms with Crippen LogP contribution in [-0.2, 0) is 4.74 Å². The van der Waals surface area contributed by atoms with E-state index in [1.165, 1.54) is 19.2 Å². The molecule has 5 heteroatoms. The molecule has 0 saturated carbocycles. The predicted molar refractivity (Wildman–Crippen MR) is 101 cm³/mol. The smallest absolute Gasteiger partial charge is 0.204 e. The molecule has 0 radical (unpaired) electrons. The molecule has 0 amide bonds. The SMILES string of the molecule is C/C=C/c1ccc(C2CCC(COc3ccc(OC)c(F)c3F)CO2)cc1. The zero-order valence-electron chi connectivity index (χ0n) is 15.6. The lowest BCUT2D eigenvalue weighted by Crippen LogP contribution is -2.25. The van der Waals surface area contributed by atoms with Crippen molar-refractivity contribution in [1.29, 1.82) is 0 Å². The number of rotatable bonds is 6. The van der Waals surface area contributed by atoms with Crippen LogP contribution >= 0.6 is 0 Å². The molecule has 0 aromatic heterocycles. The van der Waals surface area contributed by atoms with Gasteiger partial charge in [0.1, 0.15) is 0 Å². The molecule has 144 valence electrons. The molecule has 2 unspecified atom stereocenters. The van der Waals surface area contributed by atoms with Crippen LogP contribution in [-0.4, -0.2) is 20.3 Å². The summed E-state index contributed by atoms with van der Waals surface area (Å²) in [5.74, 6) is -2.14. The maximum atomic E-state index is 14.0. The molecule has 1 aliphatic rings. The van der Waals surface area contributed by atoms with Crippen molar-refractivity contribution in [3.8, 4) is 11.5 Å². The zero-order valence-corrected chi connectivity index (χ0v) is 15.6. The fourth-order valence-electron chi connectivity index (χ4n) is 3.21. The molecule has 0 N–H and O–H groups in total. The molecular weight excluding hydrogens is 350 g/mol. The van der Waals surface area contributed by atoms with Crippen molar-refractivity contribution < 1.29 is 23.0 Å². The second-order valence-corrected chi connectivity index (χ2v) is 6.64. The third-order valence-electron chi connectivity index (χ3n) is 4.74. The second kappa shape index (κ2) is 9.00. The van der Waals surface area contributed by atoms with Gasteiger partial charge in [-0.1, -0.05) is 36.4 Å². The van der Waals surface area contributed by atoms with Gasteiger partial charge in [-0.25, -0.2) is 0 Å². The van der Waals surface area contributed by atoms with Gasteiger partial charge in [0.05, 0.1) is 26.4 Å². The first-order chi connectivity index (χ1) is 13.1. The highest BCUT2D eigenvalue weighted by molar-refractivity contribution is 5.49. The van der Waals surface area contributed by atoms with Gasteiger partial charge in [0, 0.05) is 5.92 Å². The molecule has 2 atom stereocenters. The van der Waals surface area contributed by atoms with E-state index in [4.69, 9.17) is 14.2 Å². The largest absolute Gasteiger partial charge is 0.494 e. The van der Waals surface area contributed by atoms with Gasteiger partial charge < -0.3 is 14.2 Å². The van der Waals surface area contributed by atoms with Gasteiger partial charge in [-0.3, -0.25) is 0 Å². The average molecular weight is 374 g/mol. The van der Waals surface area contributed by atoms with E-state index in [0.29, 0.717) is 6.61 Å². The minimum absolute atomic E-state index is 0.0658. The van der Waals surface area contributed by atoms with Gasteiger partial charge >= 0.3 is 0 Å². The summed E-state index contributed by atoms with van der Waals surface area (Å²) in [5.41, 5.74) is 2.32. The summed E-state index contributed by atoms with van der Waals surface area (Å²) >= 11 is 0. The van der Waals surface area contributed by atoms with E-state index in [9.17, 15) is 8.78 Å². The number of hydrogen-bond donors (Lipinski definition) is 0. The van der Waals surface area contributed by atoms with Gasteiger partial charge in [0.25, 0.3) is 0 Å². The molecule has 0 spiro atoms. The highest BCUT2D eigenvalue weighted by Crippen LogP contribution is 2.32. The van der Waals surface area contributed by atoms with Gasteiger partial charge in [0.15, 0.2) is 11.5 Å². The number of ether oxygens (including phenoxy) is 3. The quantitative estimate of drug-likeness (QED) is 0.663. The Bertz CT molecular complexity index is 779. The van der Waals surface area contributed by atoms with E-state index < -0.39 is 11.6 Å². The monoisotopic (exact) mass is 374 g/mol. The number of benzene rings is 2. The Morgan fingerprint density at radius 1 is 1.04 bits per heavy atom. The minimum Gasteiger partial charge on any atom is -0.494 e. The first-order valence-corrected chi connectivity index (χ1v) is 9.11. The van der Waals surface area contributed by atoms with Crippen LogP contribution in [0.2, 0.25) is 0 Å². The van der Waals surface area contributed by atoms with E-state index >= 15 is 0 Å². The van der Waals surface area contributed by atoms with Gasteiger partial charge in [-0.15, -0.1) is 0 Å². The van der Waals surface area contributed by atoms with E-state index in [2.05, 4.69) is 30.3 Å². The molecule has 3 nitrogen and oxygen atoms in total. The van der Waals surface area contributed by atoms with E-state index in [1.54, 1.807) is 0 Å². The molecule has 1 heterocycles. The van der Waals surface area contributed by atoms with Crippen LogP contribution in [0.4, 0.5) is 8.78 Å². The lowest BCUT2D eigenvalue weighted by molar-refractivity contribution is -0.0289. The van der Waals surface area contributed by atoms with E-state index in [0.717, 1.165) is 24.0 Å². The molecule has 27 heavy (non-hydrogen) atoms. The van der Waals surface area contributed by atoms with Crippen LogP contribution in [0.15, 0.2) is 42.5 Å². The van der Waals surface area contributed by atoms with Gasteiger partial charge in [-0.2, -0.15) is 8.78 Å². The molecule has 1 fully saturated rings. The van der Waals surface area contributed by atoms with Crippen molar-refractivity contribution in [2.75, 3.05) is 20.3 Å². The highest BCUT2D eigenvalue weighted by atomic mass is 19.2. The lowest BCUT2D eigenvalue weighted by Gasteiger charge is -2.29. The van der Waals surface area contributed by atoms with Crippen LogP contribution in [0.3, 0.4) is 0 Å². The standard InChI is InChI=1S/C22H24F2O3/c1-3-4-15-5-8-17(9-6-15)18-10-7-16(13-26-18)14-27-20-12-11-19(25-2)21(23)22(20)24/h3-6,8-9,11-12,16,18H,7,10,13-14H2,1-2H3/b4-3+. The number of allylic oxidation sites excluding steroid dienone is 1. The molecular formula is C22H24F2O3. The Morgan fingerprint density at radius 3 is 2.37 bits per heavy atom. The first kappa shape index (κ1) is 19.4. The Balaban J connectivity index is 1.52. The van der Waals surface area contributed by atoms with Gasteiger partial charge in [0.2, 0.25) is 11.6 Å². The van der Waals surface area contributed by atoms with Crippen LogP contribution in [0.25, 0.3) is 6.08 Å². The van der Waals surface area contributed by atoms with Crippen molar-refractivity contribution >= 4 is 6.08 Å². The van der Waals surface area contributed by atoms with E-state index in [-0.39, 0.29) is 30.1 Å². The molecule has 3 rings (SSSR count). The maximum absolute atomic E-state index is 14.0. The third-order valence-corrected chi connectivity index (χ3v) is 4.74. The number of methoxy groups -OCH3 is 1. The summed E-state index contributed by atoms with van der Waals surface area (Å²) < 4.78 is 43.9. The summed E-state index contributed by atoms with van der Waals surface area (Å²) in [6.45, 7) is 2.81. The normalized spacial score (nSPS) is 20.0. The van der Waals surface area contributed by atoms with Crippen molar-refractivity contribution in [2.24, 2.45) is 5.92 Å². The van der Waals surface area contributed by atoms with Crippen LogP contribution in [0.5, 0.6) is 11.5 Å². The third kappa shape index (κ3) is 4.66. The summed E-state index contributed by atoms with van der Waals surface area (Å²) in [4.78, 5) is 0. The van der Waals surface area contributed by atoms with Crippen molar-refractivity contribution in [3.05, 3.63) is 65.2 Å². The summed E-state index contributed by atoms with van der Waals surface area (Å²) in [6.07, 6.45) is 5.91. The van der Waals surface area contributed by atoms with Crippen LogP contribution in [0.1, 0.15) is 37.0 Å². The summed E-state index contributed by atoms with van der Waals surface area (Å²) in [6, 6.07) is 11.1. The van der Waals surface area contributed by atoms with Crippen molar-refractivity contribution in [3.63, 3.8) is 0 Å². The minimum atomic E-state index is -1.03. The van der Waals surface area contributed by atoms with Gasteiger partial charge in [-0.05, 0) is 43.0 Å². The molecule has 0 aliphatic carbocycles. The Kier molecular flexibility index (Phi) is 6.45. The summed E-state index contributed by atoms with van der Waals surface area (Å²) in [5, 5.41) is 0. The first-order valence-electron chi connectivity index (χ1n) is 9.11. The molecule has 0 bridgehead atoms. The second-order valence-electron chi connectivity index (χ2n) is 6.64. The zero-order chi connectivity index (χ0) is 19.2. The fraction of sp³-hybridized carbons (Fsp3) is 0.364. The Hall–Kier alpha value is -2.40. The Morgan fingerprint density at radius 2 is 1.74 bits per heavy atom. The topological polar surface area (TPSA) is 27.7 Å².